The highest BCUT2D eigenvalue weighted by molar-refractivity contribution is 5.89. The first-order valence-electron chi connectivity index (χ1n) is 7.70. The average molecular weight is 286 g/mol. The molecule has 1 fully saturated rings. The second-order valence-corrected chi connectivity index (χ2v) is 5.51. The Bertz CT molecular complexity index is 596. The van der Waals surface area contributed by atoms with Crippen molar-refractivity contribution in [1.82, 2.24) is 9.97 Å². The van der Waals surface area contributed by atoms with E-state index in [1.807, 2.05) is 24.3 Å². The van der Waals surface area contributed by atoms with Gasteiger partial charge in [0.25, 0.3) is 0 Å². The lowest BCUT2D eigenvalue weighted by Gasteiger charge is -2.22. The minimum atomic E-state index is 0.296. The van der Waals surface area contributed by atoms with Gasteiger partial charge in [0, 0.05) is 11.9 Å². The summed E-state index contributed by atoms with van der Waals surface area (Å²) >= 11 is 0. The van der Waals surface area contributed by atoms with Crippen LogP contribution in [-0.2, 0) is 4.74 Å². The minimum Gasteiger partial charge on any atom is -0.376 e. The van der Waals surface area contributed by atoms with E-state index in [0.717, 1.165) is 23.3 Å². The fourth-order valence-corrected chi connectivity index (χ4v) is 2.86. The largest absolute Gasteiger partial charge is 0.376 e. The van der Waals surface area contributed by atoms with Crippen molar-refractivity contribution in [2.24, 2.45) is 0 Å². The molecule has 5 nitrogen and oxygen atoms in total. The molecule has 3 rings (SSSR count). The number of para-hydroxylation sites is 1. The Labute approximate surface area is 124 Å². The van der Waals surface area contributed by atoms with Crippen LogP contribution in [0.25, 0.3) is 10.9 Å². The van der Waals surface area contributed by atoms with E-state index in [1.165, 1.54) is 32.1 Å². The van der Waals surface area contributed by atoms with Crippen molar-refractivity contribution in [3.05, 3.63) is 24.3 Å². The molecule has 0 amide bonds. The molecular formula is C16H22N4O. The maximum absolute atomic E-state index is 5.91. The van der Waals surface area contributed by atoms with E-state index in [0.29, 0.717) is 18.7 Å². The van der Waals surface area contributed by atoms with Gasteiger partial charge in [-0.05, 0) is 25.0 Å². The number of ether oxygens (including phenoxy) is 1. The number of aromatic nitrogens is 2. The Kier molecular flexibility index (Phi) is 4.50. The maximum Gasteiger partial charge on any atom is 0.222 e. The average Bonchev–Trinajstić information content (AvgIpc) is 2.52. The van der Waals surface area contributed by atoms with Crippen LogP contribution in [0, 0.1) is 0 Å². The summed E-state index contributed by atoms with van der Waals surface area (Å²) < 4.78 is 5.91. The van der Waals surface area contributed by atoms with Gasteiger partial charge in [0.1, 0.15) is 5.82 Å². The predicted molar refractivity (Wildman–Crippen MR) is 85.3 cm³/mol. The third kappa shape index (κ3) is 3.61. The van der Waals surface area contributed by atoms with Gasteiger partial charge in [-0.15, -0.1) is 0 Å². The van der Waals surface area contributed by atoms with E-state index in [2.05, 4.69) is 15.3 Å². The molecule has 3 N–H and O–H groups in total. The summed E-state index contributed by atoms with van der Waals surface area (Å²) in [5.41, 5.74) is 6.61. The zero-order chi connectivity index (χ0) is 14.5. The van der Waals surface area contributed by atoms with Gasteiger partial charge in [0.2, 0.25) is 5.95 Å². The van der Waals surface area contributed by atoms with Crippen LogP contribution in [0.1, 0.15) is 32.1 Å². The number of benzene rings is 1. The van der Waals surface area contributed by atoms with Gasteiger partial charge in [-0.25, -0.2) is 4.98 Å². The van der Waals surface area contributed by atoms with Gasteiger partial charge in [0.05, 0.1) is 18.2 Å². The lowest BCUT2D eigenvalue weighted by atomic mass is 9.98. The van der Waals surface area contributed by atoms with Crippen LogP contribution in [0.3, 0.4) is 0 Å². The Morgan fingerprint density at radius 2 is 1.95 bits per heavy atom. The summed E-state index contributed by atoms with van der Waals surface area (Å²) in [7, 11) is 0. The van der Waals surface area contributed by atoms with Crippen molar-refractivity contribution in [3.63, 3.8) is 0 Å². The lowest BCUT2D eigenvalue weighted by molar-refractivity contribution is 0.0347. The molecule has 0 bridgehead atoms. The van der Waals surface area contributed by atoms with Gasteiger partial charge in [-0.2, -0.15) is 4.98 Å². The van der Waals surface area contributed by atoms with Crippen LogP contribution < -0.4 is 11.1 Å². The number of nitrogen functional groups attached to an aromatic ring is 1. The summed E-state index contributed by atoms with van der Waals surface area (Å²) in [4.78, 5) is 8.52. The maximum atomic E-state index is 5.91. The molecular weight excluding hydrogens is 264 g/mol. The molecule has 0 atom stereocenters. The molecule has 0 unspecified atom stereocenters. The monoisotopic (exact) mass is 286 g/mol. The highest BCUT2D eigenvalue weighted by atomic mass is 16.5. The van der Waals surface area contributed by atoms with Crippen LogP contribution in [0.15, 0.2) is 24.3 Å². The standard InChI is InChI=1S/C16H22N4O/c17-16-19-14-9-5-4-8-13(14)15(20-16)18-10-11-21-12-6-2-1-3-7-12/h4-5,8-9,12H,1-3,6-7,10-11H2,(H3,17,18,19,20). The number of nitrogens with two attached hydrogens (primary N) is 1. The number of hydrogen-bond donors (Lipinski definition) is 2. The summed E-state index contributed by atoms with van der Waals surface area (Å²) in [6.07, 6.45) is 6.78. The number of nitrogens with zero attached hydrogens (tertiary/aromatic N) is 2. The van der Waals surface area contributed by atoms with Gasteiger partial charge in [-0.3, -0.25) is 0 Å². The Hall–Kier alpha value is -1.88. The fraction of sp³-hybridized carbons (Fsp3) is 0.500. The first-order valence-corrected chi connectivity index (χ1v) is 7.70. The second-order valence-electron chi connectivity index (χ2n) is 5.51. The SMILES string of the molecule is Nc1nc(NCCOC2CCCCC2)c2ccccc2n1. The van der Waals surface area contributed by atoms with Gasteiger partial charge >= 0.3 is 0 Å². The summed E-state index contributed by atoms with van der Waals surface area (Å²) in [6.45, 7) is 1.43. The molecule has 2 aromatic rings. The number of anilines is 2. The van der Waals surface area contributed by atoms with E-state index in [-0.39, 0.29) is 0 Å². The summed E-state index contributed by atoms with van der Waals surface area (Å²) in [5, 5.41) is 4.30. The third-order valence-corrected chi connectivity index (χ3v) is 3.92. The highest BCUT2D eigenvalue weighted by Gasteiger charge is 2.13. The molecule has 0 saturated heterocycles. The number of hydrogen-bond acceptors (Lipinski definition) is 5. The molecule has 0 aliphatic heterocycles. The minimum absolute atomic E-state index is 0.296. The van der Waals surface area contributed by atoms with Crippen molar-refractivity contribution >= 4 is 22.7 Å². The van der Waals surface area contributed by atoms with E-state index < -0.39 is 0 Å². The number of nitrogens with one attached hydrogen (secondary N) is 1. The molecule has 21 heavy (non-hydrogen) atoms. The predicted octanol–water partition coefficient (Wildman–Crippen LogP) is 2.97. The lowest BCUT2D eigenvalue weighted by Crippen LogP contribution is -2.21. The Morgan fingerprint density at radius 1 is 1.14 bits per heavy atom. The molecule has 1 heterocycles. The highest BCUT2D eigenvalue weighted by Crippen LogP contribution is 2.21. The first-order chi connectivity index (χ1) is 10.3. The number of fused-ring (bicyclic) bond motifs is 1. The first kappa shape index (κ1) is 14.1. The molecule has 1 aromatic heterocycles. The zero-order valence-corrected chi connectivity index (χ0v) is 12.2. The van der Waals surface area contributed by atoms with Crippen molar-refractivity contribution < 1.29 is 4.74 Å². The van der Waals surface area contributed by atoms with E-state index in [1.54, 1.807) is 0 Å². The molecule has 0 spiro atoms. The number of rotatable bonds is 5. The normalized spacial score (nSPS) is 16.2. The van der Waals surface area contributed by atoms with Crippen LogP contribution in [-0.4, -0.2) is 29.2 Å². The molecule has 112 valence electrons. The smallest absolute Gasteiger partial charge is 0.222 e. The fourth-order valence-electron chi connectivity index (χ4n) is 2.86. The van der Waals surface area contributed by atoms with Gasteiger partial charge < -0.3 is 15.8 Å². The molecule has 1 saturated carbocycles. The molecule has 1 aromatic carbocycles. The van der Waals surface area contributed by atoms with Crippen LogP contribution in [0.5, 0.6) is 0 Å². The van der Waals surface area contributed by atoms with Crippen molar-refractivity contribution in [2.45, 2.75) is 38.2 Å². The summed E-state index contributed by atoms with van der Waals surface area (Å²) in [5.74, 6) is 1.08. The van der Waals surface area contributed by atoms with E-state index in [4.69, 9.17) is 10.5 Å². The van der Waals surface area contributed by atoms with Crippen molar-refractivity contribution in [3.8, 4) is 0 Å². The molecule has 1 aliphatic rings. The zero-order valence-electron chi connectivity index (χ0n) is 12.2. The third-order valence-electron chi connectivity index (χ3n) is 3.92. The van der Waals surface area contributed by atoms with Gasteiger partial charge in [-0.1, -0.05) is 31.4 Å². The quantitative estimate of drug-likeness (QED) is 0.827. The van der Waals surface area contributed by atoms with Crippen LogP contribution >= 0.6 is 0 Å². The topological polar surface area (TPSA) is 73.1 Å². The van der Waals surface area contributed by atoms with Gasteiger partial charge in [0.15, 0.2) is 0 Å². The Morgan fingerprint density at radius 3 is 2.81 bits per heavy atom. The van der Waals surface area contributed by atoms with Crippen molar-refractivity contribution in [2.75, 3.05) is 24.2 Å². The molecule has 5 heteroatoms. The molecule has 0 radical (unpaired) electrons. The summed E-state index contributed by atoms with van der Waals surface area (Å²) in [6, 6.07) is 7.87. The van der Waals surface area contributed by atoms with Crippen LogP contribution in [0.2, 0.25) is 0 Å². The van der Waals surface area contributed by atoms with E-state index >= 15 is 0 Å². The second kappa shape index (κ2) is 6.72. The molecule has 1 aliphatic carbocycles. The Balaban J connectivity index is 1.57. The van der Waals surface area contributed by atoms with Crippen LogP contribution in [0.4, 0.5) is 11.8 Å². The van der Waals surface area contributed by atoms with Crippen molar-refractivity contribution in [1.29, 1.82) is 0 Å². The van der Waals surface area contributed by atoms with E-state index in [9.17, 15) is 0 Å².